The monoisotopic (exact) mass is 347 g/mol. The van der Waals surface area contributed by atoms with Crippen molar-refractivity contribution in [2.24, 2.45) is 5.92 Å². The number of benzene rings is 1. The Balaban J connectivity index is 2.98. The van der Waals surface area contributed by atoms with Crippen molar-refractivity contribution in [3.05, 3.63) is 27.3 Å². The first-order valence-corrected chi connectivity index (χ1v) is 6.37. The fourth-order valence-electron chi connectivity index (χ4n) is 1.24. The number of carbonyl (C=O) groups is 2. The summed E-state index contributed by atoms with van der Waals surface area (Å²) in [4.78, 5) is 22.7. The zero-order valence-corrected chi connectivity index (χ0v) is 11.8. The number of amides is 1. The van der Waals surface area contributed by atoms with E-state index in [-0.39, 0.29) is 17.4 Å². The summed E-state index contributed by atoms with van der Waals surface area (Å²) in [5.74, 6) is -1.32. The van der Waals surface area contributed by atoms with Gasteiger partial charge in [-0.05, 0) is 47.2 Å². The number of rotatable bonds is 4. The van der Waals surface area contributed by atoms with Gasteiger partial charge in [-0.15, -0.1) is 0 Å². The Morgan fingerprint density at radius 3 is 2.65 bits per heavy atom. The molecule has 17 heavy (non-hydrogen) atoms. The largest absolute Gasteiger partial charge is 0.478 e. The number of hydrogen-bond acceptors (Lipinski definition) is 2. The van der Waals surface area contributed by atoms with E-state index in [4.69, 9.17) is 5.11 Å². The van der Waals surface area contributed by atoms with Gasteiger partial charge in [0.15, 0.2) is 0 Å². The van der Waals surface area contributed by atoms with Gasteiger partial charge in [0.25, 0.3) is 0 Å². The minimum Gasteiger partial charge on any atom is -0.478 e. The Bertz CT molecular complexity index is 445. The lowest BCUT2D eigenvalue weighted by Gasteiger charge is -2.12. The van der Waals surface area contributed by atoms with Gasteiger partial charge < -0.3 is 10.4 Å². The number of hydrogen-bond donors (Lipinski definition) is 2. The summed E-state index contributed by atoms with van der Waals surface area (Å²) in [7, 11) is 0. The summed E-state index contributed by atoms with van der Waals surface area (Å²) in [6, 6.07) is 4.92. The molecule has 4 nitrogen and oxygen atoms in total. The van der Waals surface area contributed by atoms with Crippen molar-refractivity contribution in [1.29, 1.82) is 0 Å². The van der Waals surface area contributed by atoms with Crippen molar-refractivity contribution in [2.75, 3.05) is 5.32 Å². The molecule has 0 spiro atoms. The maximum absolute atomic E-state index is 11.7. The average Bonchev–Trinajstić information content (AvgIpc) is 2.29. The number of carbonyl (C=O) groups excluding carboxylic acids is 1. The Kier molecular flexibility index (Phi) is 4.92. The van der Waals surface area contributed by atoms with Crippen LogP contribution in [0.2, 0.25) is 0 Å². The van der Waals surface area contributed by atoms with Crippen molar-refractivity contribution in [3.8, 4) is 0 Å². The summed E-state index contributed by atoms with van der Waals surface area (Å²) in [5.41, 5.74) is 0.469. The number of nitrogens with one attached hydrogen (secondary N) is 1. The third-order valence-corrected chi connectivity index (χ3v) is 3.20. The molecule has 5 heteroatoms. The number of aromatic carboxylic acids is 1. The molecule has 1 aromatic rings. The molecule has 0 aliphatic rings. The molecule has 0 heterocycles. The van der Waals surface area contributed by atoms with E-state index in [1.807, 2.05) is 36.4 Å². The van der Waals surface area contributed by atoms with Gasteiger partial charge in [-0.25, -0.2) is 4.79 Å². The van der Waals surface area contributed by atoms with E-state index in [2.05, 4.69) is 5.32 Å². The number of anilines is 1. The number of halogens is 1. The second-order valence-electron chi connectivity index (χ2n) is 3.79. The molecule has 0 saturated heterocycles. The van der Waals surface area contributed by atoms with Crippen LogP contribution in [0, 0.1) is 9.49 Å². The van der Waals surface area contributed by atoms with E-state index in [0.29, 0.717) is 5.69 Å². The lowest BCUT2D eigenvalue weighted by Crippen LogP contribution is -2.21. The van der Waals surface area contributed by atoms with Gasteiger partial charge in [-0.3, -0.25) is 4.79 Å². The van der Waals surface area contributed by atoms with Gasteiger partial charge in [0.05, 0.1) is 11.3 Å². The van der Waals surface area contributed by atoms with Crippen LogP contribution in [0.3, 0.4) is 0 Å². The molecule has 1 atom stereocenters. The van der Waals surface area contributed by atoms with Crippen molar-refractivity contribution in [3.63, 3.8) is 0 Å². The summed E-state index contributed by atoms with van der Waals surface area (Å²) in [6.07, 6.45) is 0.721. The van der Waals surface area contributed by atoms with Crippen LogP contribution in [-0.2, 0) is 4.79 Å². The van der Waals surface area contributed by atoms with Crippen LogP contribution in [0.25, 0.3) is 0 Å². The molecule has 0 radical (unpaired) electrons. The highest BCUT2D eigenvalue weighted by atomic mass is 127. The Hall–Kier alpha value is -1.11. The van der Waals surface area contributed by atoms with E-state index in [1.165, 1.54) is 6.07 Å². The Labute approximate surface area is 114 Å². The van der Waals surface area contributed by atoms with Crippen LogP contribution < -0.4 is 5.32 Å². The smallest absolute Gasteiger partial charge is 0.337 e. The van der Waals surface area contributed by atoms with E-state index in [1.54, 1.807) is 12.1 Å². The van der Waals surface area contributed by atoms with Crippen LogP contribution in [0.4, 0.5) is 5.69 Å². The third-order valence-electron chi connectivity index (χ3n) is 2.53. The van der Waals surface area contributed by atoms with Crippen LogP contribution >= 0.6 is 22.6 Å². The standard InChI is InChI=1S/C12H14INO3/c1-3-7(2)11(15)14-10-5-4-8(13)6-9(10)12(16)17/h4-7H,3H2,1-2H3,(H,14,15)(H,16,17). The van der Waals surface area contributed by atoms with Crippen molar-refractivity contribution >= 4 is 40.2 Å². The average molecular weight is 347 g/mol. The first-order valence-electron chi connectivity index (χ1n) is 5.29. The van der Waals surface area contributed by atoms with E-state index < -0.39 is 5.97 Å². The minimum absolute atomic E-state index is 0.119. The highest BCUT2D eigenvalue weighted by molar-refractivity contribution is 14.1. The lowest BCUT2D eigenvalue weighted by molar-refractivity contribution is -0.119. The van der Waals surface area contributed by atoms with Gasteiger partial charge >= 0.3 is 5.97 Å². The molecule has 0 aromatic heterocycles. The van der Waals surface area contributed by atoms with E-state index >= 15 is 0 Å². The molecular formula is C12H14INO3. The number of carboxylic acid groups (broad SMARTS) is 1. The second-order valence-corrected chi connectivity index (χ2v) is 5.04. The fraction of sp³-hybridized carbons (Fsp3) is 0.333. The van der Waals surface area contributed by atoms with Crippen molar-refractivity contribution in [2.45, 2.75) is 20.3 Å². The maximum atomic E-state index is 11.7. The second kappa shape index (κ2) is 6.00. The third kappa shape index (κ3) is 3.69. The molecule has 1 unspecified atom stereocenters. The first-order chi connectivity index (χ1) is 7.95. The quantitative estimate of drug-likeness (QED) is 0.823. The van der Waals surface area contributed by atoms with E-state index in [9.17, 15) is 9.59 Å². The molecule has 0 aliphatic carbocycles. The van der Waals surface area contributed by atoms with Crippen LogP contribution in [0.5, 0.6) is 0 Å². The molecule has 2 N–H and O–H groups in total. The van der Waals surface area contributed by atoms with Gasteiger partial charge in [-0.2, -0.15) is 0 Å². The molecule has 0 fully saturated rings. The minimum atomic E-state index is -1.04. The topological polar surface area (TPSA) is 66.4 Å². The summed E-state index contributed by atoms with van der Waals surface area (Å²) < 4.78 is 0.821. The number of carboxylic acids is 1. The highest BCUT2D eigenvalue weighted by Gasteiger charge is 2.15. The molecule has 1 amide bonds. The predicted octanol–water partition coefficient (Wildman–Crippen LogP) is 2.97. The highest BCUT2D eigenvalue weighted by Crippen LogP contribution is 2.20. The fourth-order valence-corrected chi connectivity index (χ4v) is 1.73. The molecular weight excluding hydrogens is 333 g/mol. The van der Waals surface area contributed by atoms with Crippen molar-refractivity contribution in [1.82, 2.24) is 0 Å². The molecule has 0 bridgehead atoms. The van der Waals surface area contributed by atoms with Gasteiger partial charge in [0, 0.05) is 9.49 Å². The van der Waals surface area contributed by atoms with Crippen molar-refractivity contribution < 1.29 is 14.7 Å². The molecule has 1 aromatic carbocycles. The molecule has 92 valence electrons. The Morgan fingerprint density at radius 2 is 2.12 bits per heavy atom. The molecule has 0 saturated carbocycles. The maximum Gasteiger partial charge on any atom is 0.337 e. The zero-order valence-electron chi connectivity index (χ0n) is 9.66. The zero-order chi connectivity index (χ0) is 13.0. The van der Waals surface area contributed by atoms with Crippen LogP contribution in [0.1, 0.15) is 30.6 Å². The van der Waals surface area contributed by atoms with Crippen LogP contribution in [0.15, 0.2) is 18.2 Å². The SMILES string of the molecule is CCC(C)C(=O)Nc1ccc(I)cc1C(=O)O. The van der Waals surface area contributed by atoms with Crippen LogP contribution in [-0.4, -0.2) is 17.0 Å². The summed E-state index contributed by atoms with van der Waals surface area (Å²) in [6.45, 7) is 3.72. The predicted molar refractivity (Wildman–Crippen MR) is 74.2 cm³/mol. The van der Waals surface area contributed by atoms with Gasteiger partial charge in [-0.1, -0.05) is 13.8 Å². The Morgan fingerprint density at radius 1 is 1.47 bits per heavy atom. The normalized spacial score (nSPS) is 11.9. The first kappa shape index (κ1) is 14.0. The molecule has 1 rings (SSSR count). The summed E-state index contributed by atoms with van der Waals surface area (Å²) >= 11 is 2.03. The van der Waals surface area contributed by atoms with Gasteiger partial charge in [0.2, 0.25) is 5.91 Å². The molecule has 0 aliphatic heterocycles. The van der Waals surface area contributed by atoms with Gasteiger partial charge in [0.1, 0.15) is 0 Å². The summed E-state index contributed by atoms with van der Waals surface area (Å²) in [5, 5.41) is 11.7. The van der Waals surface area contributed by atoms with E-state index in [0.717, 1.165) is 9.99 Å². The lowest BCUT2D eigenvalue weighted by atomic mass is 10.1.